The molecule has 1 saturated heterocycles. The van der Waals surface area contributed by atoms with E-state index in [1.807, 2.05) is 4.68 Å². The second kappa shape index (κ2) is 4.97. The van der Waals surface area contributed by atoms with E-state index < -0.39 is 5.97 Å². The van der Waals surface area contributed by atoms with E-state index in [9.17, 15) is 4.79 Å². The third-order valence-corrected chi connectivity index (χ3v) is 3.53. The van der Waals surface area contributed by atoms with Crippen molar-refractivity contribution in [1.82, 2.24) is 15.0 Å². The Labute approximate surface area is 110 Å². The summed E-state index contributed by atoms with van der Waals surface area (Å²) >= 11 is 0. The average Bonchev–Trinajstić information content (AvgIpc) is 2.82. The van der Waals surface area contributed by atoms with Crippen molar-refractivity contribution in [1.29, 1.82) is 0 Å². The van der Waals surface area contributed by atoms with Crippen LogP contribution in [0.3, 0.4) is 0 Å². The van der Waals surface area contributed by atoms with E-state index in [2.05, 4.69) is 10.3 Å². The number of aromatic carboxylic acids is 1. The smallest absolute Gasteiger partial charge is 0.335 e. The van der Waals surface area contributed by atoms with E-state index in [0.717, 1.165) is 38.1 Å². The van der Waals surface area contributed by atoms with Crippen LogP contribution in [-0.4, -0.2) is 39.3 Å². The molecule has 2 heterocycles. The number of rotatable bonds is 3. The number of hydrogen-bond acceptors (Lipinski definition) is 4. The normalized spacial score (nSPS) is 16.8. The zero-order valence-corrected chi connectivity index (χ0v) is 10.5. The number of hydrogen-bond donors (Lipinski definition) is 1. The van der Waals surface area contributed by atoms with E-state index in [1.165, 1.54) is 0 Å². The van der Waals surface area contributed by atoms with Gasteiger partial charge in [-0.25, -0.2) is 9.48 Å². The summed E-state index contributed by atoms with van der Waals surface area (Å²) < 4.78 is 7.20. The first-order valence-corrected chi connectivity index (χ1v) is 6.38. The zero-order valence-electron chi connectivity index (χ0n) is 10.5. The predicted octanol–water partition coefficient (Wildman–Crippen LogP) is 1.56. The predicted molar refractivity (Wildman–Crippen MR) is 68.0 cm³/mol. The van der Waals surface area contributed by atoms with Crippen LogP contribution in [0.15, 0.2) is 18.2 Å². The van der Waals surface area contributed by atoms with Crippen LogP contribution in [-0.2, 0) is 11.3 Å². The highest BCUT2D eigenvalue weighted by Crippen LogP contribution is 2.20. The van der Waals surface area contributed by atoms with Gasteiger partial charge < -0.3 is 9.84 Å². The Hall–Kier alpha value is -1.95. The molecule has 6 nitrogen and oxygen atoms in total. The van der Waals surface area contributed by atoms with Crippen molar-refractivity contribution < 1.29 is 14.6 Å². The summed E-state index contributed by atoms with van der Waals surface area (Å²) in [7, 11) is 0. The van der Waals surface area contributed by atoms with Crippen molar-refractivity contribution in [3.8, 4) is 0 Å². The molecule has 1 aliphatic rings. The van der Waals surface area contributed by atoms with Crippen LogP contribution < -0.4 is 0 Å². The number of carboxylic acid groups (broad SMARTS) is 1. The maximum absolute atomic E-state index is 10.9. The van der Waals surface area contributed by atoms with Gasteiger partial charge in [0.05, 0.1) is 11.1 Å². The van der Waals surface area contributed by atoms with Crippen molar-refractivity contribution in [2.45, 2.75) is 19.4 Å². The lowest BCUT2D eigenvalue weighted by Crippen LogP contribution is -2.20. The topological polar surface area (TPSA) is 77.2 Å². The van der Waals surface area contributed by atoms with Gasteiger partial charge in [0.25, 0.3) is 0 Å². The number of carbonyl (C=O) groups is 1. The molecule has 3 rings (SSSR count). The minimum Gasteiger partial charge on any atom is -0.478 e. The van der Waals surface area contributed by atoms with Gasteiger partial charge in [-0.3, -0.25) is 0 Å². The summed E-state index contributed by atoms with van der Waals surface area (Å²) in [5.74, 6) is -0.390. The van der Waals surface area contributed by atoms with Crippen LogP contribution in [0.4, 0.5) is 0 Å². The number of carboxylic acids is 1. The molecule has 0 amide bonds. The summed E-state index contributed by atoms with van der Waals surface area (Å²) in [6, 6.07) is 4.93. The molecule has 6 heteroatoms. The molecule has 100 valence electrons. The molecule has 0 saturated carbocycles. The lowest BCUT2D eigenvalue weighted by atomic mass is 10.0. The van der Waals surface area contributed by atoms with Gasteiger partial charge in [0, 0.05) is 19.8 Å². The molecule has 0 radical (unpaired) electrons. The van der Waals surface area contributed by atoms with E-state index in [-0.39, 0.29) is 5.56 Å². The van der Waals surface area contributed by atoms with Crippen molar-refractivity contribution in [3.05, 3.63) is 23.8 Å². The molecule has 0 spiro atoms. The third-order valence-electron chi connectivity index (χ3n) is 3.53. The molecule has 1 aromatic heterocycles. The molecule has 2 aromatic rings. The van der Waals surface area contributed by atoms with Crippen LogP contribution >= 0.6 is 0 Å². The van der Waals surface area contributed by atoms with Gasteiger partial charge in [-0.05, 0) is 37.0 Å². The monoisotopic (exact) mass is 261 g/mol. The van der Waals surface area contributed by atoms with Crippen molar-refractivity contribution in [2.75, 3.05) is 13.2 Å². The van der Waals surface area contributed by atoms with Gasteiger partial charge in [-0.1, -0.05) is 5.21 Å². The van der Waals surface area contributed by atoms with Crippen LogP contribution in [0.1, 0.15) is 23.2 Å². The van der Waals surface area contributed by atoms with E-state index in [1.54, 1.807) is 18.2 Å². The first-order valence-electron chi connectivity index (χ1n) is 6.38. The number of ether oxygens (including phenoxy) is 1. The molecule has 0 bridgehead atoms. The van der Waals surface area contributed by atoms with Crippen molar-refractivity contribution in [2.24, 2.45) is 5.92 Å². The minimum atomic E-state index is -0.944. The Balaban J connectivity index is 1.86. The summed E-state index contributed by atoms with van der Waals surface area (Å²) in [4.78, 5) is 10.9. The Morgan fingerprint density at radius 1 is 1.42 bits per heavy atom. The number of fused-ring (bicyclic) bond motifs is 1. The number of aromatic nitrogens is 3. The highest BCUT2D eigenvalue weighted by atomic mass is 16.5. The van der Waals surface area contributed by atoms with Crippen LogP contribution in [0.25, 0.3) is 11.0 Å². The molecular weight excluding hydrogens is 246 g/mol. The van der Waals surface area contributed by atoms with Crippen LogP contribution in [0, 0.1) is 5.92 Å². The highest BCUT2D eigenvalue weighted by molar-refractivity contribution is 5.92. The third kappa shape index (κ3) is 2.44. The average molecular weight is 261 g/mol. The summed E-state index contributed by atoms with van der Waals surface area (Å²) in [6.45, 7) is 2.42. The molecular formula is C13H15N3O3. The fourth-order valence-corrected chi connectivity index (χ4v) is 2.41. The largest absolute Gasteiger partial charge is 0.478 e. The second-order valence-corrected chi connectivity index (χ2v) is 4.84. The molecule has 0 unspecified atom stereocenters. The van der Waals surface area contributed by atoms with E-state index in [0.29, 0.717) is 11.4 Å². The molecule has 0 atom stereocenters. The number of benzene rings is 1. The fourth-order valence-electron chi connectivity index (χ4n) is 2.41. The van der Waals surface area contributed by atoms with E-state index >= 15 is 0 Å². The van der Waals surface area contributed by atoms with Gasteiger partial charge >= 0.3 is 5.97 Å². The lowest BCUT2D eigenvalue weighted by molar-refractivity contribution is 0.0603. The second-order valence-electron chi connectivity index (χ2n) is 4.84. The standard InChI is InChI=1S/C13H15N3O3/c17-13(18)10-1-2-12-11(7-10)14-15-16(12)8-9-3-5-19-6-4-9/h1-2,7,9H,3-6,8H2,(H,17,18). The summed E-state index contributed by atoms with van der Waals surface area (Å²) in [5, 5.41) is 17.1. The summed E-state index contributed by atoms with van der Waals surface area (Å²) in [5.41, 5.74) is 1.76. The van der Waals surface area contributed by atoms with E-state index in [4.69, 9.17) is 9.84 Å². The molecule has 1 aliphatic heterocycles. The zero-order chi connectivity index (χ0) is 13.2. The van der Waals surface area contributed by atoms with Gasteiger partial charge in [-0.2, -0.15) is 0 Å². The SMILES string of the molecule is O=C(O)c1ccc2c(c1)nnn2CC1CCOCC1. The van der Waals surface area contributed by atoms with Crippen molar-refractivity contribution >= 4 is 17.0 Å². The van der Waals surface area contributed by atoms with Crippen molar-refractivity contribution in [3.63, 3.8) is 0 Å². The minimum absolute atomic E-state index is 0.241. The molecule has 1 fully saturated rings. The van der Waals surface area contributed by atoms with Gasteiger partial charge in [0.15, 0.2) is 0 Å². The molecule has 1 aromatic carbocycles. The van der Waals surface area contributed by atoms with Crippen LogP contribution in [0.5, 0.6) is 0 Å². The Morgan fingerprint density at radius 2 is 2.21 bits per heavy atom. The Kier molecular flexibility index (Phi) is 3.16. The molecule has 19 heavy (non-hydrogen) atoms. The quantitative estimate of drug-likeness (QED) is 0.907. The maximum Gasteiger partial charge on any atom is 0.335 e. The van der Waals surface area contributed by atoms with Gasteiger partial charge in [0.1, 0.15) is 5.52 Å². The number of nitrogens with zero attached hydrogens (tertiary/aromatic N) is 3. The maximum atomic E-state index is 10.9. The molecule has 0 aliphatic carbocycles. The Morgan fingerprint density at radius 3 is 2.95 bits per heavy atom. The fraction of sp³-hybridized carbons (Fsp3) is 0.462. The van der Waals surface area contributed by atoms with Gasteiger partial charge in [0.2, 0.25) is 0 Å². The Bertz CT molecular complexity index is 602. The lowest BCUT2D eigenvalue weighted by Gasteiger charge is -2.21. The first-order chi connectivity index (χ1) is 9.24. The molecule has 1 N–H and O–H groups in total. The van der Waals surface area contributed by atoms with Gasteiger partial charge in [-0.15, -0.1) is 5.10 Å². The summed E-state index contributed by atoms with van der Waals surface area (Å²) in [6.07, 6.45) is 2.07. The first kappa shape index (κ1) is 12.1. The van der Waals surface area contributed by atoms with Crippen LogP contribution in [0.2, 0.25) is 0 Å². The highest BCUT2D eigenvalue weighted by Gasteiger charge is 2.16.